The normalized spacial score (nSPS) is 18.6. The topological polar surface area (TPSA) is 83.8 Å². The number of aromatic nitrogens is 2. The molecule has 0 aromatic carbocycles. The number of rotatable bonds is 3. The van der Waals surface area contributed by atoms with Crippen molar-refractivity contribution >= 4 is 11.6 Å². The predicted octanol–water partition coefficient (Wildman–Crippen LogP) is 2.02. The Morgan fingerprint density at radius 3 is 2.61 bits per heavy atom. The SMILES string of the molecule is Cc1n[nH]c(C)c1NC(=O)CC1(N)CCCCC1. The van der Waals surface area contributed by atoms with Crippen molar-refractivity contribution in [3.05, 3.63) is 11.4 Å². The number of nitrogens with two attached hydrogens (primary N) is 1. The zero-order chi connectivity index (χ0) is 13.2. The molecule has 1 heterocycles. The van der Waals surface area contributed by atoms with Crippen LogP contribution in [0.2, 0.25) is 0 Å². The van der Waals surface area contributed by atoms with Gasteiger partial charge in [-0.2, -0.15) is 5.10 Å². The first kappa shape index (κ1) is 13.1. The lowest BCUT2D eigenvalue weighted by Gasteiger charge is -2.32. The highest BCUT2D eigenvalue weighted by atomic mass is 16.1. The Morgan fingerprint density at radius 2 is 2.06 bits per heavy atom. The molecule has 1 amide bonds. The maximum Gasteiger partial charge on any atom is 0.226 e. The van der Waals surface area contributed by atoms with Crippen molar-refractivity contribution in [2.24, 2.45) is 5.73 Å². The summed E-state index contributed by atoms with van der Waals surface area (Å²) in [4.78, 5) is 12.1. The Bertz CT molecular complexity index is 413. The van der Waals surface area contributed by atoms with Gasteiger partial charge in [0.1, 0.15) is 0 Å². The van der Waals surface area contributed by atoms with Gasteiger partial charge < -0.3 is 11.1 Å². The number of hydrogen-bond donors (Lipinski definition) is 3. The van der Waals surface area contributed by atoms with E-state index in [2.05, 4.69) is 15.5 Å². The van der Waals surface area contributed by atoms with E-state index in [1.165, 1.54) is 6.42 Å². The summed E-state index contributed by atoms with van der Waals surface area (Å²) < 4.78 is 0. The number of hydrogen-bond acceptors (Lipinski definition) is 3. The summed E-state index contributed by atoms with van der Waals surface area (Å²) in [7, 11) is 0. The van der Waals surface area contributed by atoms with Crippen LogP contribution in [-0.4, -0.2) is 21.6 Å². The molecule has 2 rings (SSSR count). The fourth-order valence-electron chi connectivity index (χ4n) is 2.67. The standard InChI is InChI=1S/C13H22N4O/c1-9-12(10(2)17-16-9)15-11(18)8-13(14)6-4-3-5-7-13/h3-8,14H2,1-2H3,(H,15,18)(H,16,17). The largest absolute Gasteiger partial charge is 0.325 e. The summed E-state index contributed by atoms with van der Waals surface area (Å²) in [5, 5.41) is 9.84. The zero-order valence-electron chi connectivity index (χ0n) is 11.2. The molecule has 0 spiro atoms. The van der Waals surface area contributed by atoms with Crippen LogP contribution in [0.5, 0.6) is 0 Å². The summed E-state index contributed by atoms with van der Waals surface area (Å²) in [6, 6.07) is 0. The molecule has 18 heavy (non-hydrogen) atoms. The van der Waals surface area contributed by atoms with Crippen LogP contribution < -0.4 is 11.1 Å². The Morgan fingerprint density at radius 1 is 1.39 bits per heavy atom. The molecule has 1 aromatic rings. The number of amides is 1. The first-order valence-electron chi connectivity index (χ1n) is 6.60. The van der Waals surface area contributed by atoms with Crippen molar-refractivity contribution in [2.75, 3.05) is 5.32 Å². The highest BCUT2D eigenvalue weighted by Gasteiger charge is 2.30. The number of nitrogens with zero attached hydrogens (tertiary/aromatic N) is 1. The summed E-state index contributed by atoms with van der Waals surface area (Å²) in [6.07, 6.45) is 5.80. The number of aryl methyl sites for hydroxylation is 2. The van der Waals surface area contributed by atoms with Gasteiger partial charge in [0.05, 0.1) is 17.1 Å². The molecule has 1 saturated carbocycles. The van der Waals surface area contributed by atoms with Gasteiger partial charge in [-0.3, -0.25) is 9.89 Å². The van der Waals surface area contributed by atoms with Gasteiger partial charge in [0.25, 0.3) is 0 Å². The fraction of sp³-hybridized carbons (Fsp3) is 0.692. The van der Waals surface area contributed by atoms with Crippen molar-refractivity contribution in [1.29, 1.82) is 0 Å². The third-order valence-electron chi connectivity index (χ3n) is 3.75. The molecular weight excluding hydrogens is 228 g/mol. The van der Waals surface area contributed by atoms with E-state index >= 15 is 0 Å². The summed E-state index contributed by atoms with van der Waals surface area (Å²) in [5.74, 6) is -0.00741. The van der Waals surface area contributed by atoms with Crippen LogP contribution >= 0.6 is 0 Å². The molecule has 0 bridgehead atoms. The molecule has 1 aliphatic carbocycles. The van der Waals surface area contributed by atoms with Crippen LogP contribution in [0.25, 0.3) is 0 Å². The Hall–Kier alpha value is -1.36. The maximum absolute atomic E-state index is 12.1. The summed E-state index contributed by atoms with van der Waals surface area (Å²) in [5.41, 5.74) is 8.46. The van der Waals surface area contributed by atoms with E-state index in [-0.39, 0.29) is 11.4 Å². The molecule has 1 aliphatic rings. The average molecular weight is 250 g/mol. The van der Waals surface area contributed by atoms with Crippen molar-refractivity contribution in [3.8, 4) is 0 Å². The van der Waals surface area contributed by atoms with Gasteiger partial charge in [0.15, 0.2) is 0 Å². The number of carbonyl (C=O) groups is 1. The lowest BCUT2D eigenvalue weighted by Crippen LogP contribution is -2.44. The average Bonchev–Trinajstić information content (AvgIpc) is 2.61. The molecular formula is C13H22N4O. The maximum atomic E-state index is 12.1. The predicted molar refractivity (Wildman–Crippen MR) is 71.3 cm³/mol. The molecule has 1 aromatic heterocycles. The van der Waals surface area contributed by atoms with Gasteiger partial charge >= 0.3 is 0 Å². The van der Waals surface area contributed by atoms with Crippen molar-refractivity contribution in [1.82, 2.24) is 10.2 Å². The lowest BCUT2D eigenvalue weighted by atomic mass is 9.80. The Kier molecular flexibility index (Phi) is 3.71. The van der Waals surface area contributed by atoms with Gasteiger partial charge in [0, 0.05) is 12.0 Å². The highest BCUT2D eigenvalue weighted by Crippen LogP contribution is 2.29. The van der Waals surface area contributed by atoms with Crippen LogP contribution in [-0.2, 0) is 4.79 Å². The van der Waals surface area contributed by atoms with Crippen LogP contribution in [0.1, 0.15) is 49.9 Å². The van der Waals surface area contributed by atoms with Gasteiger partial charge in [-0.15, -0.1) is 0 Å². The van der Waals surface area contributed by atoms with Gasteiger partial charge in [-0.05, 0) is 26.7 Å². The summed E-state index contributed by atoms with van der Waals surface area (Å²) >= 11 is 0. The van der Waals surface area contributed by atoms with E-state index in [4.69, 9.17) is 5.73 Å². The van der Waals surface area contributed by atoms with E-state index in [1.807, 2.05) is 13.8 Å². The molecule has 0 aliphatic heterocycles. The van der Waals surface area contributed by atoms with E-state index in [9.17, 15) is 4.79 Å². The third-order valence-corrected chi connectivity index (χ3v) is 3.75. The number of aromatic amines is 1. The minimum Gasteiger partial charge on any atom is -0.325 e. The smallest absolute Gasteiger partial charge is 0.226 e. The second kappa shape index (κ2) is 5.10. The first-order valence-corrected chi connectivity index (χ1v) is 6.60. The molecule has 1 fully saturated rings. The molecule has 0 unspecified atom stereocenters. The monoisotopic (exact) mass is 250 g/mol. The first-order chi connectivity index (χ1) is 8.50. The molecule has 0 saturated heterocycles. The van der Waals surface area contributed by atoms with Crippen LogP contribution in [0, 0.1) is 13.8 Å². The molecule has 5 heteroatoms. The van der Waals surface area contributed by atoms with Crippen molar-refractivity contribution < 1.29 is 4.79 Å². The quantitative estimate of drug-likeness (QED) is 0.767. The number of H-pyrrole nitrogens is 1. The van der Waals surface area contributed by atoms with E-state index in [1.54, 1.807) is 0 Å². The van der Waals surface area contributed by atoms with Gasteiger partial charge in [-0.25, -0.2) is 0 Å². The van der Waals surface area contributed by atoms with Crippen molar-refractivity contribution in [2.45, 2.75) is 57.9 Å². The highest BCUT2D eigenvalue weighted by molar-refractivity contribution is 5.92. The fourth-order valence-corrected chi connectivity index (χ4v) is 2.67. The van der Waals surface area contributed by atoms with Crippen LogP contribution in [0.15, 0.2) is 0 Å². The van der Waals surface area contributed by atoms with Crippen LogP contribution in [0.4, 0.5) is 5.69 Å². The number of carbonyl (C=O) groups excluding carboxylic acids is 1. The third kappa shape index (κ3) is 2.90. The van der Waals surface area contributed by atoms with Crippen LogP contribution in [0.3, 0.4) is 0 Å². The number of nitrogens with one attached hydrogen (secondary N) is 2. The minimum absolute atomic E-state index is 0.00741. The van der Waals surface area contributed by atoms with E-state index in [0.717, 1.165) is 42.8 Å². The Labute approximate surface area is 108 Å². The van der Waals surface area contributed by atoms with E-state index < -0.39 is 0 Å². The molecule has 5 nitrogen and oxygen atoms in total. The zero-order valence-corrected chi connectivity index (χ0v) is 11.2. The minimum atomic E-state index is -0.312. The second-order valence-corrected chi connectivity index (χ2v) is 5.46. The molecule has 0 atom stereocenters. The van der Waals surface area contributed by atoms with Gasteiger partial charge in [-0.1, -0.05) is 19.3 Å². The lowest BCUT2D eigenvalue weighted by molar-refractivity contribution is -0.117. The number of anilines is 1. The second-order valence-electron chi connectivity index (χ2n) is 5.46. The Balaban J connectivity index is 1.96. The molecule has 0 radical (unpaired) electrons. The summed E-state index contributed by atoms with van der Waals surface area (Å²) in [6.45, 7) is 3.77. The van der Waals surface area contributed by atoms with Crippen molar-refractivity contribution in [3.63, 3.8) is 0 Å². The van der Waals surface area contributed by atoms with E-state index in [0.29, 0.717) is 6.42 Å². The molecule has 4 N–H and O–H groups in total. The molecule has 100 valence electrons. The van der Waals surface area contributed by atoms with Gasteiger partial charge in [0.2, 0.25) is 5.91 Å².